The average molecular weight is 323 g/mol. The van der Waals surface area contributed by atoms with E-state index in [1.165, 1.54) is 5.56 Å². The highest BCUT2D eigenvalue weighted by molar-refractivity contribution is 5.98. The van der Waals surface area contributed by atoms with E-state index < -0.39 is 6.03 Å². The zero-order valence-corrected chi connectivity index (χ0v) is 13.4. The van der Waals surface area contributed by atoms with Crippen molar-refractivity contribution in [2.75, 3.05) is 11.9 Å². The molecule has 0 saturated heterocycles. The van der Waals surface area contributed by atoms with Crippen LogP contribution in [0.25, 0.3) is 0 Å². The lowest BCUT2D eigenvalue weighted by atomic mass is 10.1. The highest BCUT2D eigenvalue weighted by atomic mass is 16.7. The van der Waals surface area contributed by atoms with Gasteiger partial charge in [0, 0.05) is 19.0 Å². The highest BCUT2D eigenvalue weighted by Gasteiger charge is 2.29. The van der Waals surface area contributed by atoms with E-state index in [0.717, 1.165) is 6.42 Å². The highest BCUT2D eigenvalue weighted by Crippen LogP contribution is 2.10. The predicted octanol–water partition coefficient (Wildman–Crippen LogP) is 3.66. The van der Waals surface area contributed by atoms with Crippen LogP contribution in [0.3, 0.4) is 0 Å². The fraction of sp³-hybridized carbons (Fsp3) is 0.222. The molecule has 24 heavy (non-hydrogen) atoms. The quantitative estimate of drug-likeness (QED) is 0.873. The topological polar surface area (TPSA) is 66.1 Å². The fourth-order valence-corrected chi connectivity index (χ4v) is 2.43. The molecule has 0 spiro atoms. The smallest absolute Gasteiger partial charge is 0.306 e. The number of carbonyl (C=O) groups is 1. The number of nitrogens with zero attached hydrogens (tertiary/aromatic N) is 3. The molecule has 0 bridgehead atoms. The van der Waals surface area contributed by atoms with E-state index in [2.05, 4.69) is 34.6 Å². The van der Waals surface area contributed by atoms with Crippen molar-refractivity contribution in [3.63, 3.8) is 0 Å². The van der Waals surface area contributed by atoms with Gasteiger partial charge in [-0.1, -0.05) is 53.2 Å². The van der Waals surface area contributed by atoms with Crippen molar-refractivity contribution in [2.45, 2.75) is 19.4 Å². The number of anilines is 1. The first-order chi connectivity index (χ1) is 11.7. The number of carbonyl (C=O) groups excluding carboxylic acids is 1. The van der Waals surface area contributed by atoms with Crippen molar-refractivity contribution >= 4 is 17.6 Å². The maximum Gasteiger partial charge on any atom is 0.348 e. The number of benzene rings is 2. The molecule has 1 aliphatic rings. The maximum absolute atomic E-state index is 11.9. The Bertz CT molecular complexity index is 757. The number of amides is 2. The van der Waals surface area contributed by atoms with Gasteiger partial charge in [-0.2, -0.15) is 4.99 Å². The van der Waals surface area contributed by atoms with Gasteiger partial charge in [0.1, 0.15) is 0 Å². The van der Waals surface area contributed by atoms with E-state index in [1.807, 2.05) is 36.4 Å². The number of rotatable bonds is 4. The lowest BCUT2D eigenvalue weighted by Crippen LogP contribution is -2.25. The van der Waals surface area contributed by atoms with Gasteiger partial charge >= 0.3 is 11.9 Å². The molecule has 3 rings (SSSR count). The lowest BCUT2D eigenvalue weighted by molar-refractivity contribution is -0.616. The number of hydrogen-bond donors (Lipinski definition) is 1. The molecule has 2 aromatic rings. The summed E-state index contributed by atoms with van der Waals surface area (Å²) in [5.74, 6) is 0.295. The second-order valence-electron chi connectivity index (χ2n) is 5.61. The molecule has 6 heteroatoms. The number of aliphatic imine (C=N–C) groups is 1. The van der Waals surface area contributed by atoms with Gasteiger partial charge in [-0.05, 0) is 17.7 Å². The normalized spacial score (nSPS) is 16.4. The van der Waals surface area contributed by atoms with Crippen LogP contribution in [0.4, 0.5) is 10.5 Å². The predicted molar refractivity (Wildman–Crippen MR) is 91.1 cm³/mol. The molecule has 0 fully saturated rings. The van der Waals surface area contributed by atoms with E-state index in [9.17, 15) is 4.79 Å². The fourth-order valence-electron chi connectivity index (χ4n) is 2.43. The zero-order valence-electron chi connectivity index (χ0n) is 13.4. The summed E-state index contributed by atoms with van der Waals surface area (Å²) in [6, 6.07) is 19.0. The Balaban J connectivity index is 1.55. The largest absolute Gasteiger partial charge is 0.348 e. The molecule has 122 valence electrons. The van der Waals surface area contributed by atoms with Crippen LogP contribution in [-0.4, -0.2) is 29.2 Å². The molecule has 1 N–H and O–H groups in total. The van der Waals surface area contributed by atoms with Crippen molar-refractivity contribution in [3.8, 4) is 0 Å². The molecular weight excluding hydrogens is 304 g/mol. The molecule has 2 aromatic carbocycles. The molecule has 0 radical (unpaired) electrons. The minimum atomic E-state index is -0.469. The van der Waals surface area contributed by atoms with Gasteiger partial charge in [0.25, 0.3) is 6.54 Å². The second kappa shape index (κ2) is 7.50. The van der Waals surface area contributed by atoms with Gasteiger partial charge in [-0.25, -0.2) is 4.79 Å². The lowest BCUT2D eigenvalue weighted by Gasteiger charge is -2.04. The monoisotopic (exact) mass is 323 g/mol. The summed E-state index contributed by atoms with van der Waals surface area (Å²) >= 11 is 0. The Morgan fingerprint density at radius 1 is 1.21 bits per heavy atom. The Labute approximate surface area is 140 Å². The molecule has 1 aliphatic heterocycles. The standard InChI is InChI=1S/C18H18N4O2/c1-14(12-15-8-4-2-5-9-15)22-13-17(24-21-22)20-18(23)19-16-10-6-3-7-11-16/h2-11,14H,12-13H2,1H3/p+1/t14-/m1/s1. The van der Waals surface area contributed by atoms with E-state index in [0.29, 0.717) is 18.1 Å². The minimum absolute atomic E-state index is 0.150. The maximum atomic E-state index is 11.9. The number of hydrogen-bond acceptors (Lipinski definition) is 3. The van der Waals surface area contributed by atoms with Gasteiger partial charge in [0.05, 0.1) is 0 Å². The number of urea groups is 1. The molecule has 1 heterocycles. The zero-order chi connectivity index (χ0) is 16.8. The van der Waals surface area contributed by atoms with Crippen LogP contribution in [-0.2, 0) is 11.3 Å². The summed E-state index contributed by atoms with van der Waals surface area (Å²) in [7, 11) is 0. The summed E-state index contributed by atoms with van der Waals surface area (Å²) in [6.45, 7) is 2.45. The molecule has 0 aromatic heterocycles. The van der Waals surface area contributed by atoms with E-state index in [-0.39, 0.29) is 6.04 Å². The first-order valence-electron chi connectivity index (χ1n) is 7.83. The Morgan fingerprint density at radius 2 is 1.88 bits per heavy atom. The molecule has 0 unspecified atom stereocenters. The molecule has 2 amide bonds. The van der Waals surface area contributed by atoms with Crippen LogP contribution in [0.15, 0.2) is 70.9 Å². The van der Waals surface area contributed by atoms with Crippen molar-refractivity contribution < 1.29 is 14.3 Å². The third-order valence-corrected chi connectivity index (χ3v) is 3.68. The van der Waals surface area contributed by atoms with Crippen molar-refractivity contribution in [3.05, 3.63) is 66.2 Å². The van der Waals surface area contributed by atoms with Gasteiger partial charge < -0.3 is 5.32 Å². The van der Waals surface area contributed by atoms with Gasteiger partial charge in [-0.15, -0.1) is 0 Å². The van der Waals surface area contributed by atoms with Gasteiger partial charge in [0.2, 0.25) is 0 Å². The summed E-state index contributed by atoms with van der Waals surface area (Å²) in [5, 5.41) is 6.68. The molecule has 0 saturated carbocycles. The summed E-state index contributed by atoms with van der Waals surface area (Å²) in [5.41, 5.74) is 1.92. The Hall–Kier alpha value is -3.02. The molecular formula is C18H19N4O2+. The number of nitrogens with one attached hydrogen (secondary N) is 1. The van der Waals surface area contributed by atoms with Crippen LogP contribution in [0, 0.1) is 0 Å². The van der Waals surface area contributed by atoms with E-state index in [1.54, 1.807) is 16.8 Å². The second-order valence-corrected chi connectivity index (χ2v) is 5.61. The first kappa shape index (κ1) is 15.9. The van der Waals surface area contributed by atoms with Crippen LogP contribution in [0.2, 0.25) is 0 Å². The van der Waals surface area contributed by atoms with Crippen molar-refractivity contribution in [1.29, 1.82) is 0 Å². The Morgan fingerprint density at radius 3 is 2.58 bits per heavy atom. The van der Waals surface area contributed by atoms with E-state index >= 15 is 0 Å². The molecule has 1 atom stereocenters. The average Bonchev–Trinajstić information content (AvgIpc) is 3.05. The van der Waals surface area contributed by atoms with Gasteiger partial charge in [-0.3, -0.25) is 4.84 Å². The Kier molecular flexibility index (Phi) is 4.96. The van der Waals surface area contributed by atoms with Crippen LogP contribution in [0.5, 0.6) is 0 Å². The first-order valence-corrected chi connectivity index (χ1v) is 7.83. The van der Waals surface area contributed by atoms with Crippen LogP contribution < -0.4 is 5.32 Å². The van der Waals surface area contributed by atoms with E-state index in [4.69, 9.17) is 4.84 Å². The van der Waals surface area contributed by atoms with Crippen LogP contribution >= 0.6 is 0 Å². The third kappa shape index (κ3) is 4.25. The van der Waals surface area contributed by atoms with Crippen LogP contribution in [0.1, 0.15) is 12.5 Å². The number of para-hydroxylation sites is 1. The van der Waals surface area contributed by atoms with Crippen molar-refractivity contribution in [2.24, 2.45) is 10.3 Å². The SMILES string of the molecule is C[C@H](Cc1ccccc1)[N+]1=NOC(=NC(=O)Nc2ccccc2)C1. The third-order valence-electron chi connectivity index (χ3n) is 3.68. The molecule has 0 aliphatic carbocycles. The van der Waals surface area contributed by atoms with Gasteiger partial charge in [0.15, 0.2) is 11.3 Å². The summed E-state index contributed by atoms with van der Waals surface area (Å²) in [6.07, 6.45) is 0.844. The summed E-state index contributed by atoms with van der Waals surface area (Å²) < 4.78 is 1.79. The van der Waals surface area contributed by atoms with Crippen molar-refractivity contribution in [1.82, 2.24) is 0 Å². The minimum Gasteiger partial charge on any atom is -0.306 e. The summed E-state index contributed by atoms with van der Waals surface area (Å²) in [4.78, 5) is 21.0. The molecule has 6 nitrogen and oxygen atoms in total.